The van der Waals surface area contributed by atoms with Crippen LogP contribution >= 0.6 is 0 Å². The summed E-state index contributed by atoms with van der Waals surface area (Å²) in [6.07, 6.45) is 1.83. The largest absolute Gasteiger partial charge is 0.465 e. The molecule has 0 amide bonds. The number of aryl methyl sites for hydroxylation is 1. The standard InChI is InChI=1S/C13H23N3O2/c1-10-5-6-11(18-10)9-15-8-4-7-13(2,3)12(14)16-17/h5-6,15,17H,4,7-9H2,1-3H3,(H2,14,16). The van der Waals surface area contributed by atoms with Crippen molar-refractivity contribution in [1.29, 1.82) is 0 Å². The Morgan fingerprint density at radius 1 is 1.50 bits per heavy atom. The maximum atomic E-state index is 8.66. The zero-order chi connectivity index (χ0) is 13.6. The number of hydrogen-bond donors (Lipinski definition) is 3. The third kappa shape index (κ3) is 4.41. The molecule has 0 unspecified atom stereocenters. The normalized spacial score (nSPS) is 12.9. The molecule has 1 heterocycles. The third-order valence-electron chi connectivity index (χ3n) is 3.05. The van der Waals surface area contributed by atoms with Gasteiger partial charge in [-0.1, -0.05) is 19.0 Å². The summed E-state index contributed by atoms with van der Waals surface area (Å²) in [5.74, 6) is 2.16. The van der Waals surface area contributed by atoms with Crippen molar-refractivity contribution in [3.05, 3.63) is 23.7 Å². The molecular weight excluding hydrogens is 230 g/mol. The van der Waals surface area contributed by atoms with Gasteiger partial charge in [0.15, 0.2) is 0 Å². The molecule has 0 radical (unpaired) electrons. The molecule has 1 rings (SSSR count). The van der Waals surface area contributed by atoms with Crippen LogP contribution in [0.25, 0.3) is 0 Å². The van der Waals surface area contributed by atoms with Gasteiger partial charge in [0.25, 0.3) is 0 Å². The SMILES string of the molecule is Cc1ccc(CNCCCC(C)(C)C(N)=NO)o1. The Morgan fingerprint density at radius 3 is 2.78 bits per heavy atom. The first kappa shape index (κ1) is 14.6. The summed E-state index contributed by atoms with van der Waals surface area (Å²) in [5, 5.41) is 15.0. The lowest BCUT2D eigenvalue weighted by Gasteiger charge is -2.22. The first-order valence-corrected chi connectivity index (χ1v) is 6.20. The number of nitrogens with zero attached hydrogens (tertiary/aromatic N) is 1. The molecule has 102 valence electrons. The zero-order valence-corrected chi connectivity index (χ0v) is 11.4. The van der Waals surface area contributed by atoms with Crippen LogP contribution in [-0.4, -0.2) is 17.6 Å². The van der Waals surface area contributed by atoms with E-state index in [1.165, 1.54) is 0 Å². The number of nitrogens with one attached hydrogen (secondary N) is 1. The van der Waals surface area contributed by atoms with E-state index in [9.17, 15) is 0 Å². The second-order valence-corrected chi connectivity index (χ2v) is 5.16. The van der Waals surface area contributed by atoms with Crippen molar-refractivity contribution in [2.24, 2.45) is 16.3 Å². The van der Waals surface area contributed by atoms with Gasteiger partial charge in [0.2, 0.25) is 0 Å². The van der Waals surface area contributed by atoms with Crippen molar-refractivity contribution in [3.63, 3.8) is 0 Å². The Hall–Kier alpha value is -1.49. The van der Waals surface area contributed by atoms with E-state index >= 15 is 0 Å². The fourth-order valence-corrected chi connectivity index (χ4v) is 1.71. The molecule has 0 fully saturated rings. The van der Waals surface area contributed by atoms with E-state index in [0.717, 1.165) is 37.5 Å². The molecule has 0 aliphatic heterocycles. The fourth-order valence-electron chi connectivity index (χ4n) is 1.71. The molecule has 0 saturated heterocycles. The van der Waals surface area contributed by atoms with Gasteiger partial charge in [-0.25, -0.2) is 0 Å². The van der Waals surface area contributed by atoms with Gasteiger partial charge in [0.1, 0.15) is 17.4 Å². The molecule has 4 N–H and O–H groups in total. The highest BCUT2D eigenvalue weighted by molar-refractivity contribution is 5.85. The van der Waals surface area contributed by atoms with Crippen LogP contribution in [0.3, 0.4) is 0 Å². The lowest BCUT2D eigenvalue weighted by molar-refractivity contribution is 0.304. The molecule has 0 atom stereocenters. The minimum absolute atomic E-state index is 0.266. The van der Waals surface area contributed by atoms with Crippen LogP contribution in [-0.2, 0) is 6.54 Å². The van der Waals surface area contributed by atoms with Gasteiger partial charge in [-0.15, -0.1) is 0 Å². The number of hydrogen-bond acceptors (Lipinski definition) is 4. The van der Waals surface area contributed by atoms with Crippen molar-refractivity contribution < 1.29 is 9.62 Å². The highest BCUT2D eigenvalue weighted by Gasteiger charge is 2.22. The first-order chi connectivity index (χ1) is 8.45. The van der Waals surface area contributed by atoms with Crippen LogP contribution in [0.5, 0.6) is 0 Å². The van der Waals surface area contributed by atoms with Crippen LogP contribution in [0.15, 0.2) is 21.7 Å². The maximum absolute atomic E-state index is 8.66. The lowest BCUT2D eigenvalue weighted by atomic mass is 9.86. The summed E-state index contributed by atoms with van der Waals surface area (Å²) in [4.78, 5) is 0. The van der Waals surface area contributed by atoms with E-state index in [1.54, 1.807) is 0 Å². The second kappa shape index (κ2) is 6.44. The molecule has 0 aliphatic carbocycles. The van der Waals surface area contributed by atoms with E-state index in [4.69, 9.17) is 15.4 Å². The van der Waals surface area contributed by atoms with Crippen LogP contribution < -0.4 is 11.1 Å². The highest BCUT2D eigenvalue weighted by Crippen LogP contribution is 2.21. The summed E-state index contributed by atoms with van der Waals surface area (Å²) >= 11 is 0. The molecule has 0 saturated carbocycles. The second-order valence-electron chi connectivity index (χ2n) is 5.16. The van der Waals surface area contributed by atoms with Crippen molar-refractivity contribution in [1.82, 2.24) is 5.32 Å². The minimum atomic E-state index is -0.266. The molecule has 18 heavy (non-hydrogen) atoms. The maximum Gasteiger partial charge on any atom is 0.144 e. The Balaban J connectivity index is 2.19. The molecule has 5 nitrogen and oxygen atoms in total. The number of furan rings is 1. The van der Waals surface area contributed by atoms with Crippen molar-refractivity contribution >= 4 is 5.84 Å². The summed E-state index contributed by atoms with van der Waals surface area (Å²) in [6, 6.07) is 3.93. The summed E-state index contributed by atoms with van der Waals surface area (Å²) in [5.41, 5.74) is 5.36. The van der Waals surface area contributed by atoms with E-state index < -0.39 is 0 Å². The van der Waals surface area contributed by atoms with Gasteiger partial charge in [-0.2, -0.15) is 0 Å². The van der Waals surface area contributed by atoms with Gasteiger partial charge in [0.05, 0.1) is 6.54 Å². The Bertz CT molecular complexity index is 397. The quantitative estimate of drug-likeness (QED) is 0.229. The Morgan fingerprint density at radius 2 is 2.22 bits per heavy atom. The molecule has 0 aliphatic rings. The van der Waals surface area contributed by atoms with Crippen LogP contribution in [0.2, 0.25) is 0 Å². The predicted molar refractivity (Wildman–Crippen MR) is 71.6 cm³/mol. The van der Waals surface area contributed by atoms with Crippen molar-refractivity contribution in [2.45, 2.75) is 40.2 Å². The van der Waals surface area contributed by atoms with Crippen LogP contribution in [0, 0.1) is 12.3 Å². The summed E-state index contributed by atoms with van der Waals surface area (Å²) < 4.78 is 5.45. The van der Waals surface area contributed by atoms with Crippen molar-refractivity contribution in [3.8, 4) is 0 Å². The number of amidine groups is 1. The average Bonchev–Trinajstić information content (AvgIpc) is 2.73. The minimum Gasteiger partial charge on any atom is -0.465 e. The van der Waals surface area contributed by atoms with Gasteiger partial charge in [0, 0.05) is 5.41 Å². The monoisotopic (exact) mass is 253 g/mol. The molecule has 5 heteroatoms. The third-order valence-corrected chi connectivity index (χ3v) is 3.05. The van der Waals surface area contributed by atoms with Crippen LogP contribution in [0.4, 0.5) is 0 Å². The fraction of sp³-hybridized carbons (Fsp3) is 0.615. The predicted octanol–water partition coefficient (Wildman–Crippen LogP) is 2.23. The molecular formula is C13H23N3O2. The highest BCUT2D eigenvalue weighted by atomic mass is 16.4. The van der Waals surface area contributed by atoms with E-state index in [0.29, 0.717) is 0 Å². The number of rotatable bonds is 7. The van der Waals surface area contributed by atoms with Crippen molar-refractivity contribution in [2.75, 3.05) is 6.54 Å². The smallest absolute Gasteiger partial charge is 0.144 e. The summed E-state index contributed by atoms with van der Waals surface area (Å²) in [6.45, 7) is 7.48. The molecule has 1 aromatic rings. The molecule has 1 aromatic heterocycles. The molecule has 0 bridgehead atoms. The summed E-state index contributed by atoms with van der Waals surface area (Å²) in [7, 11) is 0. The molecule has 0 spiro atoms. The molecule has 0 aromatic carbocycles. The van der Waals surface area contributed by atoms with E-state index in [2.05, 4.69) is 10.5 Å². The van der Waals surface area contributed by atoms with Gasteiger partial charge < -0.3 is 20.7 Å². The van der Waals surface area contributed by atoms with Gasteiger partial charge in [-0.3, -0.25) is 0 Å². The van der Waals surface area contributed by atoms with E-state index in [1.807, 2.05) is 32.9 Å². The van der Waals surface area contributed by atoms with Gasteiger partial charge in [-0.05, 0) is 38.4 Å². The van der Waals surface area contributed by atoms with Gasteiger partial charge >= 0.3 is 0 Å². The Kier molecular flexibility index (Phi) is 5.22. The lowest BCUT2D eigenvalue weighted by Crippen LogP contribution is -2.32. The van der Waals surface area contributed by atoms with E-state index in [-0.39, 0.29) is 11.3 Å². The number of oxime groups is 1. The average molecular weight is 253 g/mol. The van der Waals surface area contributed by atoms with Crippen LogP contribution in [0.1, 0.15) is 38.2 Å². The first-order valence-electron chi connectivity index (χ1n) is 6.20. The number of nitrogens with two attached hydrogens (primary N) is 1. The zero-order valence-electron chi connectivity index (χ0n) is 11.4. The topological polar surface area (TPSA) is 83.8 Å². The Labute approximate surface area is 108 Å².